The van der Waals surface area contributed by atoms with E-state index in [-0.39, 0.29) is 18.4 Å². The average Bonchev–Trinajstić information content (AvgIpc) is 3.06. The number of carbonyl (C=O) groups excluding carboxylic acids is 2. The Balaban J connectivity index is 1.71. The minimum atomic E-state index is -0.263. The Hall–Kier alpha value is -2.36. The molecule has 186 valence electrons. The Bertz CT molecular complexity index is 1140. The van der Waals surface area contributed by atoms with E-state index in [0.29, 0.717) is 33.9 Å². The van der Waals surface area contributed by atoms with Crippen molar-refractivity contribution in [2.24, 2.45) is 0 Å². The molecule has 9 heteroatoms. The Morgan fingerprint density at radius 1 is 1.14 bits per heavy atom. The van der Waals surface area contributed by atoms with E-state index >= 15 is 0 Å². The number of aryl methyl sites for hydroxylation is 2. The van der Waals surface area contributed by atoms with Gasteiger partial charge in [-0.15, -0.1) is 0 Å². The zero-order valence-corrected chi connectivity index (χ0v) is 23.5. The van der Waals surface area contributed by atoms with Crippen LogP contribution in [-0.2, 0) is 9.59 Å². The highest BCUT2D eigenvalue weighted by molar-refractivity contribution is 9.10. The topological polar surface area (TPSA) is 67.9 Å². The lowest BCUT2D eigenvalue weighted by Gasteiger charge is -2.15. The minimum Gasteiger partial charge on any atom is -0.490 e. The summed E-state index contributed by atoms with van der Waals surface area (Å²) in [4.78, 5) is 27.5. The van der Waals surface area contributed by atoms with Crippen molar-refractivity contribution in [3.8, 4) is 11.5 Å². The van der Waals surface area contributed by atoms with Gasteiger partial charge in [-0.25, -0.2) is 0 Å². The lowest BCUT2D eigenvalue weighted by atomic mass is 10.1. The Labute approximate surface area is 224 Å². The number of halogens is 1. The number of benzene rings is 2. The van der Waals surface area contributed by atoms with E-state index in [0.717, 1.165) is 39.7 Å². The van der Waals surface area contributed by atoms with E-state index in [2.05, 4.69) is 28.2 Å². The standard InChI is InChI=1S/C26H29BrN2O4S2/c1-5-7-10-29-25(31)22(35-26(29)34)14-18-8-9-20(21(13-18)32-6-2)33-15-23(30)28-24-16(3)11-19(27)12-17(24)4/h8-9,11-14H,5-7,10,15H2,1-4H3,(H,28,30)/b22-14-. The van der Waals surface area contributed by atoms with Crippen LogP contribution in [0.1, 0.15) is 43.4 Å². The third-order valence-corrected chi connectivity index (χ3v) is 7.13. The molecule has 2 aromatic rings. The van der Waals surface area contributed by atoms with Gasteiger partial charge in [0.05, 0.1) is 11.5 Å². The fraction of sp³-hybridized carbons (Fsp3) is 0.346. The van der Waals surface area contributed by atoms with Gasteiger partial charge in [-0.2, -0.15) is 0 Å². The number of carbonyl (C=O) groups is 2. The summed E-state index contributed by atoms with van der Waals surface area (Å²) >= 11 is 10.2. The molecule has 0 unspecified atom stereocenters. The third kappa shape index (κ3) is 7.08. The van der Waals surface area contributed by atoms with E-state index in [1.54, 1.807) is 17.0 Å². The predicted molar refractivity (Wildman–Crippen MR) is 150 cm³/mol. The number of ether oxygens (including phenoxy) is 2. The molecular weight excluding hydrogens is 548 g/mol. The molecule has 2 aromatic carbocycles. The number of nitrogens with one attached hydrogen (secondary N) is 1. The van der Waals surface area contributed by atoms with E-state index in [1.807, 2.05) is 45.0 Å². The maximum atomic E-state index is 12.7. The molecule has 0 aromatic heterocycles. The first-order valence-corrected chi connectivity index (χ1v) is 13.5. The SMILES string of the molecule is CCCCN1C(=O)/C(=C/c2ccc(OCC(=O)Nc3c(C)cc(Br)cc3C)c(OCC)c2)SC1=S. The Morgan fingerprint density at radius 2 is 1.86 bits per heavy atom. The summed E-state index contributed by atoms with van der Waals surface area (Å²) in [6, 6.07) is 9.29. The average molecular weight is 578 g/mol. The lowest BCUT2D eigenvalue weighted by Crippen LogP contribution is -2.28. The summed E-state index contributed by atoms with van der Waals surface area (Å²) < 4.78 is 13.1. The highest BCUT2D eigenvalue weighted by Gasteiger charge is 2.31. The van der Waals surface area contributed by atoms with Crippen molar-refractivity contribution in [2.75, 3.05) is 25.1 Å². The molecule has 0 saturated carbocycles. The number of hydrogen-bond donors (Lipinski definition) is 1. The highest BCUT2D eigenvalue weighted by atomic mass is 79.9. The van der Waals surface area contributed by atoms with Gasteiger partial charge in [-0.3, -0.25) is 14.5 Å². The molecule has 0 atom stereocenters. The predicted octanol–water partition coefficient (Wildman–Crippen LogP) is 6.48. The fourth-order valence-corrected chi connectivity index (χ4v) is 5.58. The van der Waals surface area contributed by atoms with Crippen LogP contribution in [0.3, 0.4) is 0 Å². The maximum Gasteiger partial charge on any atom is 0.266 e. The zero-order valence-electron chi connectivity index (χ0n) is 20.3. The van der Waals surface area contributed by atoms with Crippen molar-refractivity contribution in [3.05, 3.63) is 56.4 Å². The summed E-state index contributed by atoms with van der Waals surface area (Å²) in [5.74, 6) is 0.633. The molecule has 1 saturated heterocycles. The van der Waals surface area contributed by atoms with Gasteiger partial charge in [0.2, 0.25) is 0 Å². The van der Waals surface area contributed by atoms with E-state index < -0.39 is 0 Å². The van der Waals surface area contributed by atoms with Gasteiger partial charge in [0, 0.05) is 16.7 Å². The number of hydrogen-bond acceptors (Lipinski definition) is 6. The number of rotatable bonds is 10. The molecule has 0 spiro atoms. The van der Waals surface area contributed by atoms with Crippen LogP contribution in [0, 0.1) is 13.8 Å². The summed E-state index contributed by atoms with van der Waals surface area (Å²) in [6.07, 6.45) is 3.72. The molecule has 35 heavy (non-hydrogen) atoms. The quantitative estimate of drug-likeness (QED) is 0.258. The van der Waals surface area contributed by atoms with Crippen LogP contribution in [0.15, 0.2) is 39.7 Å². The molecule has 6 nitrogen and oxygen atoms in total. The molecule has 1 fully saturated rings. The summed E-state index contributed by atoms with van der Waals surface area (Å²) in [5.41, 5.74) is 3.50. The van der Waals surface area contributed by atoms with Crippen molar-refractivity contribution in [1.29, 1.82) is 0 Å². The summed E-state index contributed by atoms with van der Waals surface area (Å²) in [7, 11) is 0. The number of anilines is 1. The second-order valence-corrected chi connectivity index (χ2v) is 10.7. The van der Waals surface area contributed by atoms with Crippen LogP contribution in [0.2, 0.25) is 0 Å². The van der Waals surface area contributed by atoms with E-state index in [9.17, 15) is 9.59 Å². The molecular formula is C26H29BrN2O4S2. The first-order chi connectivity index (χ1) is 16.7. The van der Waals surface area contributed by atoms with Gasteiger partial charge in [-0.05, 0) is 74.2 Å². The number of thiocarbonyl (C=S) groups is 1. The largest absolute Gasteiger partial charge is 0.490 e. The molecule has 1 aliphatic rings. The molecule has 0 aliphatic carbocycles. The Morgan fingerprint density at radius 3 is 2.51 bits per heavy atom. The second-order valence-electron chi connectivity index (χ2n) is 8.08. The van der Waals surface area contributed by atoms with Gasteiger partial charge in [-0.1, -0.05) is 59.3 Å². The first kappa shape index (κ1) is 27.2. The van der Waals surface area contributed by atoms with E-state index in [1.165, 1.54) is 11.8 Å². The summed E-state index contributed by atoms with van der Waals surface area (Å²) in [6.45, 7) is 8.75. The summed E-state index contributed by atoms with van der Waals surface area (Å²) in [5, 5.41) is 2.92. The lowest BCUT2D eigenvalue weighted by molar-refractivity contribution is -0.122. The molecule has 0 radical (unpaired) electrons. The van der Waals surface area contributed by atoms with Crippen LogP contribution in [0.25, 0.3) is 6.08 Å². The Kier molecular flexibility index (Phi) is 9.77. The van der Waals surface area contributed by atoms with Crippen molar-refractivity contribution >= 4 is 67.8 Å². The molecule has 0 bridgehead atoms. The van der Waals surface area contributed by atoms with Gasteiger partial charge >= 0.3 is 0 Å². The van der Waals surface area contributed by atoms with Gasteiger partial charge in [0.1, 0.15) is 4.32 Å². The van der Waals surface area contributed by atoms with Crippen molar-refractivity contribution in [3.63, 3.8) is 0 Å². The monoisotopic (exact) mass is 576 g/mol. The number of nitrogens with zero attached hydrogens (tertiary/aromatic N) is 1. The van der Waals surface area contributed by atoms with Crippen molar-refractivity contribution in [2.45, 2.75) is 40.5 Å². The van der Waals surface area contributed by atoms with Crippen LogP contribution in [0.4, 0.5) is 5.69 Å². The normalized spacial score (nSPS) is 14.5. The van der Waals surface area contributed by atoms with Crippen LogP contribution in [0.5, 0.6) is 11.5 Å². The number of thioether (sulfide) groups is 1. The van der Waals surface area contributed by atoms with Crippen LogP contribution in [-0.4, -0.2) is 40.8 Å². The highest BCUT2D eigenvalue weighted by Crippen LogP contribution is 2.35. The second kappa shape index (κ2) is 12.6. The molecule has 1 aliphatic heterocycles. The van der Waals surface area contributed by atoms with Crippen LogP contribution >= 0.6 is 39.9 Å². The maximum absolute atomic E-state index is 12.7. The first-order valence-electron chi connectivity index (χ1n) is 11.4. The number of unbranched alkanes of at least 4 members (excludes halogenated alkanes) is 1. The smallest absolute Gasteiger partial charge is 0.266 e. The van der Waals surface area contributed by atoms with Crippen molar-refractivity contribution in [1.82, 2.24) is 4.90 Å². The van der Waals surface area contributed by atoms with Crippen molar-refractivity contribution < 1.29 is 19.1 Å². The fourth-order valence-electron chi connectivity index (χ4n) is 3.59. The molecule has 3 rings (SSSR count). The zero-order chi connectivity index (χ0) is 25.5. The molecule has 1 heterocycles. The van der Waals surface area contributed by atoms with E-state index in [4.69, 9.17) is 21.7 Å². The minimum absolute atomic E-state index is 0.0677. The third-order valence-electron chi connectivity index (χ3n) is 5.29. The van der Waals surface area contributed by atoms with Crippen LogP contribution < -0.4 is 14.8 Å². The number of amides is 2. The van der Waals surface area contributed by atoms with Gasteiger partial charge in [0.25, 0.3) is 11.8 Å². The molecule has 2 amide bonds. The molecule has 1 N–H and O–H groups in total. The van der Waals surface area contributed by atoms with Gasteiger partial charge in [0.15, 0.2) is 18.1 Å². The van der Waals surface area contributed by atoms with Gasteiger partial charge < -0.3 is 14.8 Å².